The Morgan fingerprint density at radius 1 is 1.32 bits per heavy atom. The summed E-state index contributed by atoms with van der Waals surface area (Å²) in [5, 5.41) is 10.4. The number of hydrogen-bond acceptors (Lipinski definition) is 7. The number of phenolic OH excluding ortho intramolecular Hbond substituents is 1. The average molecular weight is 539 g/mol. The van der Waals surface area contributed by atoms with Gasteiger partial charge in [0.15, 0.2) is 5.75 Å². The molecule has 2 aliphatic heterocycles. The Morgan fingerprint density at radius 2 is 2.13 bits per heavy atom. The molecule has 0 spiro atoms. The van der Waals surface area contributed by atoms with E-state index in [1.165, 1.54) is 31.4 Å². The zero-order chi connectivity index (χ0) is 27.0. The summed E-state index contributed by atoms with van der Waals surface area (Å²) >= 11 is 6.74. The number of methoxy groups -OCH3 is 1. The second kappa shape index (κ2) is 10.4. The van der Waals surface area contributed by atoms with Crippen molar-refractivity contribution < 1.29 is 28.6 Å². The highest BCUT2D eigenvalue weighted by Gasteiger charge is 2.40. The zero-order valence-electron chi connectivity index (χ0n) is 20.5. The van der Waals surface area contributed by atoms with Crippen molar-refractivity contribution in [3.63, 3.8) is 0 Å². The highest BCUT2D eigenvalue weighted by molar-refractivity contribution is 6.35. The molecule has 0 unspecified atom stereocenters. The van der Waals surface area contributed by atoms with Crippen molar-refractivity contribution in [3.05, 3.63) is 71.3 Å². The smallest absolute Gasteiger partial charge is 0.260 e. The number of phenols is 1. The Kier molecular flexibility index (Phi) is 7.00. The molecule has 1 aromatic carbocycles. The number of nitrogens with zero attached hydrogens (tertiary/aromatic N) is 4. The molecule has 1 fully saturated rings. The molecule has 2 aliphatic rings. The number of ether oxygens (including phenoxy) is 2. The van der Waals surface area contributed by atoms with E-state index in [0.717, 1.165) is 0 Å². The predicted molar refractivity (Wildman–Crippen MR) is 137 cm³/mol. The van der Waals surface area contributed by atoms with Gasteiger partial charge in [-0.25, -0.2) is 9.37 Å². The third-order valence-corrected chi connectivity index (χ3v) is 6.92. The largest absolute Gasteiger partial charge is 0.507 e. The van der Waals surface area contributed by atoms with Gasteiger partial charge in [0.2, 0.25) is 5.91 Å². The van der Waals surface area contributed by atoms with Crippen LogP contribution in [-0.2, 0) is 16.1 Å². The number of carbonyl (C=O) groups is 2. The maximum absolute atomic E-state index is 15.0. The van der Waals surface area contributed by atoms with E-state index >= 15 is 0 Å². The maximum atomic E-state index is 15.0. The van der Waals surface area contributed by atoms with Crippen LogP contribution in [-0.4, -0.2) is 76.1 Å². The van der Waals surface area contributed by atoms with E-state index in [2.05, 4.69) is 16.5 Å². The van der Waals surface area contributed by atoms with Gasteiger partial charge in [-0.05, 0) is 30.3 Å². The Hall–Kier alpha value is -4.02. The van der Waals surface area contributed by atoms with E-state index in [-0.39, 0.29) is 77.2 Å². The predicted octanol–water partition coefficient (Wildman–Crippen LogP) is 3.69. The number of halogens is 2. The summed E-state index contributed by atoms with van der Waals surface area (Å²) in [4.78, 5) is 38.4. The number of piperazine rings is 1. The standard InChI is InChI=1S/C27H24ClFN4O5/c1-3-20(35)32-9-10-33-17(12-32)14-38-26-22(27(33)36)24(15-7-8-30-16(11-15)13-37-2)31-25(23(26)28)21-18(29)5-4-6-19(21)34/h3-8,11,17,34H,1,9-10,12-14H2,2H3/t17-/m1/s1. The molecule has 3 aromatic rings. The molecule has 0 saturated carbocycles. The molecule has 0 bridgehead atoms. The Bertz CT molecular complexity index is 1430. The lowest BCUT2D eigenvalue weighted by atomic mass is 10.00. The highest BCUT2D eigenvalue weighted by Crippen LogP contribution is 2.45. The molecule has 11 heteroatoms. The molecular weight excluding hydrogens is 515 g/mol. The second-order valence-corrected chi connectivity index (χ2v) is 9.26. The van der Waals surface area contributed by atoms with E-state index in [1.807, 2.05) is 0 Å². The second-order valence-electron chi connectivity index (χ2n) is 8.88. The topological polar surface area (TPSA) is 105 Å². The minimum Gasteiger partial charge on any atom is -0.507 e. The number of fused-ring (bicyclic) bond motifs is 2. The summed E-state index contributed by atoms with van der Waals surface area (Å²) in [6.07, 6.45) is 2.79. The van der Waals surface area contributed by atoms with Crippen LogP contribution in [0.5, 0.6) is 11.5 Å². The fourth-order valence-electron chi connectivity index (χ4n) is 4.77. The average Bonchev–Trinajstić information content (AvgIpc) is 3.06. The SMILES string of the molecule is C=CC(=O)N1CCN2C(=O)c3c(-c4ccnc(COC)c4)nc(-c4c(O)cccc4F)c(Cl)c3OC[C@H]2C1. The van der Waals surface area contributed by atoms with Crippen molar-refractivity contribution in [1.82, 2.24) is 19.8 Å². The quantitative estimate of drug-likeness (QED) is 0.494. The third-order valence-electron chi connectivity index (χ3n) is 6.57. The molecule has 1 atom stereocenters. The third kappa shape index (κ3) is 4.46. The molecule has 1 saturated heterocycles. The van der Waals surface area contributed by atoms with Gasteiger partial charge in [-0.15, -0.1) is 0 Å². The van der Waals surface area contributed by atoms with Gasteiger partial charge in [-0.3, -0.25) is 14.6 Å². The summed E-state index contributed by atoms with van der Waals surface area (Å²) in [5.41, 5.74) is 1.10. The molecule has 4 heterocycles. The van der Waals surface area contributed by atoms with Gasteiger partial charge in [0, 0.05) is 38.5 Å². The number of rotatable bonds is 5. The molecular formula is C27H24ClFN4O5. The summed E-state index contributed by atoms with van der Waals surface area (Å²) in [5.74, 6) is -1.70. The molecule has 0 radical (unpaired) electrons. The van der Waals surface area contributed by atoms with Crippen LogP contribution < -0.4 is 4.74 Å². The summed E-state index contributed by atoms with van der Waals surface area (Å²) < 4.78 is 26.3. The van der Waals surface area contributed by atoms with Crippen molar-refractivity contribution in [2.45, 2.75) is 12.6 Å². The first-order chi connectivity index (χ1) is 18.3. The maximum Gasteiger partial charge on any atom is 0.260 e. The minimum absolute atomic E-state index is 0.0282. The fraction of sp³-hybridized carbons (Fsp3) is 0.259. The summed E-state index contributed by atoms with van der Waals surface area (Å²) in [6, 6.07) is 6.78. The van der Waals surface area contributed by atoms with E-state index in [0.29, 0.717) is 17.8 Å². The lowest BCUT2D eigenvalue weighted by Crippen LogP contribution is -2.57. The van der Waals surface area contributed by atoms with Crippen molar-refractivity contribution in [1.29, 1.82) is 0 Å². The minimum atomic E-state index is -0.740. The van der Waals surface area contributed by atoms with Gasteiger partial charge in [-0.2, -0.15) is 0 Å². The molecule has 0 aliphatic carbocycles. The number of amides is 2. The Balaban J connectivity index is 1.71. The first-order valence-corrected chi connectivity index (χ1v) is 12.2. The molecule has 2 amide bonds. The molecule has 1 N–H and O–H groups in total. The number of hydrogen-bond donors (Lipinski definition) is 1. The first-order valence-electron chi connectivity index (χ1n) is 11.8. The van der Waals surface area contributed by atoms with Crippen molar-refractivity contribution in [2.75, 3.05) is 33.4 Å². The van der Waals surface area contributed by atoms with Crippen LogP contribution in [0.3, 0.4) is 0 Å². The fourth-order valence-corrected chi connectivity index (χ4v) is 5.05. The highest BCUT2D eigenvalue weighted by atomic mass is 35.5. The van der Waals surface area contributed by atoms with Crippen LogP contribution in [0.15, 0.2) is 49.2 Å². The number of aromatic hydroxyl groups is 1. The van der Waals surface area contributed by atoms with Crippen molar-refractivity contribution in [3.8, 4) is 34.0 Å². The van der Waals surface area contributed by atoms with E-state index in [1.54, 1.807) is 28.1 Å². The lowest BCUT2D eigenvalue weighted by Gasteiger charge is -2.39. The van der Waals surface area contributed by atoms with E-state index < -0.39 is 11.9 Å². The van der Waals surface area contributed by atoms with Crippen LogP contribution in [0, 0.1) is 5.82 Å². The van der Waals surface area contributed by atoms with Gasteiger partial charge in [-0.1, -0.05) is 24.2 Å². The summed E-state index contributed by atoms with van der Waals surface area (Å²) in [6.45, 7) is 4.64. The Morgan fingerprint density at radius 3 is 2.87 bits per heavy atom. The number of pyridine rings is 2. The van der Waals surface area contributed by atoms with Gasteiger partial charge in [0.1, 0.15) is 34.5 Å². The van der Waals surface area contributed by atoms with Crippen LogP contribution in [0.4, 0.5) is 4.39 Å². The molecule has 5 rings (SSSR count). The van der Waals surface area contributed by atoms with E-state index in [9.17, 15) is 19.1 Å². The Labute approximate surface area is 223 Å². The number of benzene rings is 1. The van der Waals surface area contributed by atoms with Crippen LogP contribution in [0.25, 0.3) is 22.5 Å². The van der Waals surface area contributed by atoms with Gasteiger partial charge in [0.25, 0.3) is 5.91 Å². The van der Waals surface area contributed by atoms with Crippen LogP contribution in [0.1, 0.15) is 16.1 Å². The van der Waals surface area contributed by atoms with Crippen molar-refractivity contribution in [2.24, 2.45) is 0 Å². The van der Waals surface area contributed by atoms with E-state index in [4.69, 9.17) is 21.1 Å². The normalized spacial score (nSPS) is 16.8. The van der Waals surface area contributed by atoms with Gasteiger partial charge in [0.05, 0.1) is 29.6 Å². The molecule has 9 nitrogen and oxygen atoms in total. The van der Waals surface area contributed by atoms with Gasteiger partial charge < -0.3 is 24.4 Å². The molecule has 38 heavy (non-hydrogen) atoms. The van der Waals surface area contributed by atoms with Crippen LogP contribution >= 0.6 is 11.6 Å². The first kappa shape index (κ1) is 25.6. The lowest BCUT2D eigenvalue weighted by molar-refractivity contribution is -0.128. The molecule has 196 valence electrons. The number of aromatic nitrogens is 2. The van der Waals surface area contributed by atoms with Crippen LogP contribution in [0.2, 0.25) is 5.02 Å². The number of carbonyl (C=O) groups excluding carboxylic acids is 2. The zero-order valence-corrected chi connectivity index (χ0v) is 21.2. The molecule has 2 aromatic heterocycles. The monoisotopic (exact) mass is 538 g/mol. The van der Waals surface area contributed by atoms with Crippen molar-refractivity contribution >= 4 is 23.4 Å². The van der Waals surface area contributed by atoms with Gasteiger partial charge >= 0.3 is 0 Å². The summed E-state index contributed by atoms with van der Waals surface area (Å²) in [7, 11) is 1.54.